The van der Waals surface area contributed by atoms with Crippen molar-refractivity contribution in [2.75, 3.05) is 7.05 Å². The number of hydrogen-bond acceptors (Lipinski definition) is 2. The highest BCUT2D eigenvalue weighted by Crippen LogP contribution is 2.44. The van der Waals surface area contributed by atoms with Crippen LogP contribution in [0.15, 0.2) is 41.0 Å². The largest absolute Gasteiger partial charge is 0.311 e. The number of aromatic nitrogens is 2. The molecule has 2 aromatic rings. The Morgan fingerprint density at radius 2 is 1.86 bits per heavy atom. The van der Waals surface area contributed by atoms with Crippen molar-refractivity contribution < 1.29 is 0 Å². The predicted octanol–water partition coefficient (Wildman–Crippen LogP) is 4.20. The van der Waals surface area contributed by atoms with Gasteiger partial charge in [0.2, 0.25) is 0 Å². The summed E-state index contributed by atoms with van der Waals surface area (Å²) < 4.78 is 3.03. The number of nitrogens with zero attached hydrogens (tertiary/aromatic N) is 2. The van der Waals surface area contributed by atoms with E-state index < -0.39 is 0 Å². The van der Waals surface area contributed by atoms with Gasteiger partial charge in [-0.1, -0.05) is 44.2 Å². The molecule has 3 nitrogen and oxygen atoms in total. The van der Waals surface area contributed by atoms with Crippen LogP contribution in [0.3, 0.4) is 0 Å². The minimum Gasteiger partial charge on any atom is -0.311 e. The van der Waals surface area contributed by atoms with Gasteiger partial charge in [0.05, 0.1) is 22.4 Å². The first-order valence-electron chi connectivity index (χ1n) is 7.50. The van der Waals surface area contributed by atoms with Gasteiger partial charge in [-0.05, 0) is 41.4 Å². The highest BCUT2D eigenvalue weighted by Gasteiger charge is 2.39. The highest BCUT2D eigenvalue weighted by atomic mass is 79.9. The van der Waals surface area contributed by atoms with E-state index >= 15 is 0 Å². The third-order valence-electron chi connectivity index (χ3n) is 4.66. The zero-order chi connectivity index (χ0) is 15.5. The maximum Gasteiger partial charge on any atom is 0.0701 e. The van der Waals surface area contributed by atoms with Crippen molar-refractivity contribution in [3.63, 3.8) is 0 Å². The summed E-state index contributed by atoms with van der Waals surface area (Å²) in [5.74, 6) is 0. The fourth-order valence-electron chi connectivity index (χ4n) is 3.42. The smallest absolute Gasteiger partial charge is 0.0701 e. The molecule has 0 fully saturated rings. The molecule has 0 radical (unpaired) electrons. The molecule has 0 saturated heterocycles. The Morgan fingerprint density at radius 3 is 2.29 bits per heavy atom. The van der Waals surface area contributed by atoms with E-state index in [0.29, 0.717) is 0 Å². The van der Waals surface area contributed by atoms with Gasteiger partial charge in [-0.15, -0.1) is 0 Å². The van der Waals surface area contributed by atoms with Crippen LogP contribution in [0.2, 0.25) is 0 Å². The van der Waals surface area contributed by atoms with Gasteiger partial charge in [0.25, 0.3) is 0 Å². The van der Waals surface area contributed by atoms with Gasteiger partial charge in [0.15, 0.2) is 0 Å². The topological polar surface area (TPSA) is 29.9 Å². The SMILES string of the molecule is CCC(CC)(c1ccccc1)C(NC)c1c(Br)cnn1C. The minimum atomic E-state index is 0.0479. The zero-order valence-corrected chi connectivity index (χ0v) is 14.8. The standard InChI is InChI=1S/C17H24BrN3/c1-5-17(6-2,13-10-8-7-9-11-13)16(19-3)15-14(18)12-20-21(15)4/h7-12,16,19H,5-6H2,1-4H3. The fraction of sp³-hybridized carbons (Fsp3) is 0.471. The molecule has 0 aliphatic heterocycles. The van der Waals surface area contributed by atoms with Crippen LogP contribution in [0.25, 0.3) is 0 Å². The summed E-state index contributed by atoms with van der Waals surface area (Å²) in [4.78, 5) is 0. The molecule has 1 unspecified atom stereocenters. The van der Waals surface area contributed by atoms with Gasteiger partial charge < -0.3 is 5.32 Å². The molecule has 1 aromatic heterocycles. The molecule has 0 aliphatic rings. The number of halogens is 1. The normalized spacial score (nSPS) is 13.4. The molecule has 4 heteroatoms. The molecule has 0 bridgehead atoms. The summed E-state index contributed by atoms with van der Waals surface area (Å²) in [6.45, 7) is 4.54. The third kappa shape index (κ3) is 2.79. The fourth-order valence-corrected chi connectivity index (χ4v) is 4.00. The average Bonchev–Trinajstić information content (AvgIpc) is 2.85. The Kier molecular flexibility index (Phi) is 5.22. The third-order valence-corrected chi connectivity index (χ3v) is 5.27. The van der Waals surface area contributed by atoms with E-state index in [1.165, 1.54) is 11.3 Å². The summed E-state index contributed by atoms with van der Waals surface area (Å²) in [6.07, 6.45) is 4.01. The lowest BCUT2D eigenvalue weighted by Gasteiger charge is -2.40. The van der Waals surface area contributed by atoms with Crippen LogP contribution in [-0.4, -0.2) is 16.8 Å². The molecule has 1 heterocycles. The quantitative estimate of drug-likeness (QED) is 0.846. The van der Waals surface area contributed by atoms with Gasteiger partial charge in [0, 0.05) is 12.5 Å². The van der Waals surface area contributed by atoms with Crippen molar-refractivity contribution in [3.05, 3.63) is 52.3 Å². The number of benzene rings is 1. The van der Waals surface area contributed by atoms with E-state index in [4.69, 9.17) is 0 Å². The summed E-state index contributed by atoms with van der Waals surface area (Å²) in [5.41, 5.74) is 2.62. The van der Waals surface area contributed by atoms with Gasteiger partial charge >= 0.3 is 0 Å². The molecular weight excluding hydrogens is 326 g/mol. The summed E-state index contributed by atoms with van der Waals surface area (Å²) >= 11 is 3.66. The predicted molar refractivity (Wildman–Crippen MR) is 91.4 cm³/mol. The molecule has 21 heavy (non-hydrogen) atoms. The molecule has 0 saturated carbocycles. The molecular formula is C17H24BrN3. The van der Waals surface area contributed by atoms with Crippen molar-refractivity contribution in [3.8, 4) is 0 Å². The maximum atomic E-state index is 4.39. The molecule has 114 valence electrons. The van der Waals surface area contributed by atoms with Gasteiger partial charge in [-0.3, -0.25) is 4.68 Å². The molecule has 1 N–H and O–H groups in total. The summed E-state index contributed by atoms with van der Waals surface area (Å²) in [6, 6.07) is 11.0. The van der Waals surface area contributed by atoms with Crippen molar-refractivity contribution >= 4 is 15.9 Å². The number of nitrogens with one attached hydrogen (secondary N) is 1. The van der Waals surface area contributed by atoms with Crippen molar-refractivity contribution in [2.24, 2.45) is 7.05 Å². The first kappa shape index (κ1) is 16.2. The van der Waals surface area contributed by atoms with E-state index in [1.807, 2.05) is 25.0 Å². The van der Waals surface area contributed by atoms with Crippen LogP contribution in [-0.2, 0) is 12.5 Å². The van der Waals surface area contributed by atoms with Gasteiger partial charge in [0.1, 0.15) is 0 Å². The Labute approximate surface area is 135 Å². The minimum absolute atomic E-state index is 0.0479. The Hall–Kier alpha value is -1.13. The number of aryl methyl sites for hydroxylation is 1. The van der Waals surface area contributed by atoms with Crippen molar-refractivity contribution in [1.29, 1.82) is 0 Å². The van der Waals surface area contributed by atoms with Crippen LogP contribution in [0, 0.1) is 0 Å². The Morgan fingerprint density at radius 1 is 1.24 bits per heavy atom. The van der Waals surface area contributed by atoms with E-state index in [2.05, 4.69) is 70.5 Å². The zero-order valence-electron chi connectivity index (χ0n) is 13.2. The average molecular weight is 350 g/mol. The Balaban J connectivity index is 2.60. The van der Waals surface area contributed by atoms with Crippen molar-refractivity contribution in [1.82, 2.24) is 15.1 Å². The van der Waals surface area contributed by atoms with E-state index in [9.17, 15) is 0 Å². The monoisotopic (exact) mass is 349 g/mol. The van der Waals surface area contributed by atoms with Gasteiger partial charge in [-0.25, -0.2) is 0 Å². The van der Waals surface area contributed by atoms with Crippen LogP contribution >= 0.6 is 15.9 Å². The van der Waals surface area contributed by atoms with Crippen LogP contribution in [0.1, 0.15) is 44.0 Å². The second-order valence-corrected chi connectivity index (χ2v) is 6.31. The lowest BCUT2D eigenvalue weighted by Crippen LogP contribution is -2.41. The Bertz CT molecular complexity index is 553. The van der Waals surface area contributed by atoms with E-state index in [0.717, 1.165) is 17.3 Å². The summed E-state index contributed by atoms with van der Waals surface area (Å²) in [7, 11) is 4.04. The van der Waals surface area contributed by atoms with E-state index in [1.54, 1.807) is 0 Å². The molecule has 0 amide bonds. The molecule has 1 atom stereocenters. The lowest BCUT2D eigenvalue weighted by atomic mass is 9.69. The number of rotatable bonds is 6. The van der Waals surface area contributed by atoms with Gasteiger partial charge in [-0.2, -0.15) is 5.10 Å². The second-order valence-electron chi connectivity index (χ2n) is 5.45. The van der Waals surface area contributed by atoms with Crippen LogP contribution < -0.4 is 5.32 Å². The number of likely N-dealkylation sites (N-methyl/N-ethyl adjacent to an activating group) is 1. The van der Waals surface area contributed by atoms with Crippen LogP contribution in [0.4, 0.5) is 0 Å². The second kappa shape index (κ2) is 6.75. The highest BCUT2D eigenvalue weighted by molar-refractivity contribution is 9.10. The molecule has 0 spiro atoms. The van der Waals surface area contributed by atoms with E-state index in [-0.39, 0.29) is 11.5 Å². The van der Waals surface area contributed by atoms with Crippen molar-refractivity contribution in [2.45, 2.75) is 38.1 Å². The molecule has 2 rings (SSSR count). The first-order chi connectivity index (χ1) is 10.1. The molecule has 0 aliphatic carbocycles. The maximum absolute atomic E-state index is 4.39. The lowest BCUT2D eigenvalue weighted by molar-refractivity contribution is 0.275. The summed E-state index contributed by atoms with van der Waals surface area (Å²) in [5, 5.41) is 7.93. The number of hydrogen-bond donors (Lipinski definition) is 1. The molecule has 1 aromatic carbocycles. The van der Waals surface area contributed by atoms with Crippen LogP contribution in [0.5, 0.6) is 0 Å². The first-order valence-corrected chi connectivity index (χ1v) is 8.30.